The van der Waals surface area contributed by atoms with Crippen LogP contribution in [0.25, 0.3) is 5.69 Å². The molecule has 2 N–H and O–H groups in total. The molecule has 0 saturated carbocycles. The van der Waals surface area contributed by atoms with E-state index in [1.54, 1.807) is 6.07 Å². The van der Waals surface area contributed by atoms with Crippen LogP contribution >= 0.6 is 0 Å². The topological polar surface area (TPSA) is 50.1 Å². The summed E-state index contributed by atoms with van der Waals surface area (Å²) in [5.41, 5.74) is 4.28. The molecular formula is C13H15N3O. The van der Waals surface area contributed by atoms with Crippen LogP contribution in [0.4, 0.5) is 0 Å². The third kappa shape index (κ3) is 1.61. The summed E-state index contributed by atoms with van der Waals surface area (Å²) in [7, 11) is 0. The fourth-order valence-corrected chi connectivity index (χ4v) is 2.38. The SMILES string of the molecule is Cc1nn(-c2ccccc2O)c2c1CCNC2. The Balaban J connectivity index is 2.19. The molecule has 1 aliphatic heterocycles. The quantitative estimate of drug-likeness (QED) is 0.779. The molecule has 0 spiro atoms. The summed E-state index contributed by atoms with van der Waals surface area (Å²) in [4.78, 5) is 0. The lowest BCUT2D eigenvalue weighted by Crippen LogP contribution is -2.25. The van der Waals surface area contributed by atoms with Gasteiger partial charge in [0.05, 0.1) is 11.4 Å². The molecule has 4 heteroatoms. The van der Waals surface area contributed by atoms with E-state index < -0.39 is 0 Å². The van der Waals surface area contributed by atoms with Crippen molar-refractivity contribution in [3.05, 3.63) is 41.2 Å². The van der Waals surface area contributed by atoms with Crippen LogP contribution in [-0.4, -0.2) is 21.4 Å². The van der Waals surface area contributed by atoms with Gasteiger partial charge in [0.2, 0.25) is 0 Å². The minimum atomic E-state index is 0.267. The van der Waals surface area contributed by atoms with Gasteiger partial charge in [-0.3, -0.25) is 0 Å². The van der Waals surface area contributed by atoms with Gasteiger partial charge in [0.25, 0.3) is 0 Å². The Kier molecular flexibility index (Phi) is 2.37. The van der Waals surface area contributed by atoms with Gasteiger partial charge in [0.15, 0.2) is 0 Å². The molecule has 3 rings (SSSR count). The second kappa shape index (κ2) is 3.89. The molecule has 0 amide bonds. The zero-order valence-corrected chi connectivity index (χ0v) is 9.77. The average molecular weight is 229 g/mol. The molecular weight excluding hydrogens is 214 g/mol. The number of aryl methyl sites for hydroxylation is 1. The highest BCUT2D eigenvalue weighted by molar-refractivity contribution is 5.47. The molecule has 0 unspecified atom stereocenters. The van der Waals surface area contributed by atoms with Gasteiger partial charge in [0, 0.05) is 6.54 Å². The Labute approximate surface area is 99.9 Å². The van der Waals surface area contributed by atoms with Crippen molar-refractivity contribution in [1.82, 2.24) is 15.1 Å². The van der Waals surface area contributed by atoms with Crippen LogP contribution < -0.4 is 5.32 Å². The van der Waals surface area contributed by atoms with Gasteiger partial charge in [-0.2, -0.15) is 5.10 Å². The van der Waals surface area contributed by atoms with E-state index in [2.05, 4.69) is 10.4 Å². The lowest BCUT2D eigenvalue weighted by molar-refractivity contribution is 0.468. The van der Waals surface area contributed by atoms with E-state index in [-0.39, 0.29) is 5.75 Å². The summed E-state index contributed by atoms with van der Waals surface area (Å²) >= 11 is 0. The van der Waals surface area contributed by atoms with Crippen LogP contribution in [0.3, 0.4) is 0 Å². The number of nitrogens with one attached hydrogen (secondary N) is 1. The molecule has 4 nitrogen and oxygen atoms in total. The van der Waals surface area contributed by atoms with Gasteiger partial charge >= 0.3 is 0 Å². The van der Waals surface area contributed by atoms with E-state index in [0.29, 0.717) is 0 Å². The molecule has 88 valence electrons. The average Bonchev–Trinajstić information content (AvgIpc) is 2.68. The van der Waals surface area contributed by atoms with Crippen LogP contribution in [0.15, 0.2) is 24.3 Å². The van der Waals surface area contributed by atoms with Crippen molar-refractivity contribution in [2.75, 3.05) is 6.54 Å². The molecule has 0 atom stereocenters. The van der Waals surface area contributed by atoms with Gasteiger partial charge in [-0.1, -0.05) is 12.1 Å². The summed E-state index contributed by atoms with van der Waals surface area (Å²) in [6.45, 7) is 3.84. The molecule has 2 heterocycles. The lowest BCUT2D eigenvalue weighted by Gasteiger charge is -2.15. The first-order valence-corrected chi connectivity index (χ1v) is 5.84. The standard InChI is InChI=1S/C13H15N3O/c1-9-10-6-7-14-8-12(10)16(15-9)11-4-2-3-5-13(11)17/h2-5,14,17H,6-8H2,1H3. The summed E-state index contributed by atoms with van der Waals surface area (Å²) < 4.78 is 1.85. The van der Waals surface area contributed by atoms with Crippen LogP contribution in [0.1, 0.15) is 17.0 Å². The Morgan fingerprint density at radius 1 is 1.35 bits per heavy atom. The molecule has 1 aromatic heterocycles. The Bertz CT molecular complexity index is 560. The molecule has 1 aromatic carbocycles. The smallest absolute Gasteiger partial charge is 0.141 e. The van der Waals surface area contributed by atoms with Crippen molar-refractivity contribution in [1.29, 1.82) is 0 Å². The number of phenolic OH excluding ortho intramolecular Hbond substituents is 1. The van der Waals surface area contributed by atoms with E-state index in [1.165, 1.54) is 5.56 Å². The molecule has 1 aliphatic rings. The van der Waals surface area contributed by atoms with Crippen molar-refractivity contribution in [3.8, 4) is 11.4 Å². The maximum Gasteiger partial charge on any atom is 0.141 e. The van der Waals surface area contributed by atoms with E-state index >= 15 is 0 Å². The molecule has 0 aliphatic carbocycles. The van der Waals surface area contributed by atoms with Crippen LogP contribution in [0, 0.1) is 6.92 Å². The number of benzene rings is 1. The zero-order chi connectivity index (χ0) is 11.8. The van der Waals surface area contributed by atoms with Crippen LogP contribution in [0.2, 0.25) is 0 Å². The lowest BCUT2D eigenvalue weighted by atomic mass is 10.1. The predicted molar refractivity (Wildman–Crippen MR) is 65.4 cm³/mol. The largest absolute Gasteiger partial charge is 0.506 e. The fraction of sp³-hybridized carbons (Fsp3) is 0.308. The van der Waals surface area contributed by atoms with Crippen LogP contribution in [-0.2, 0) is 13.0 Å². The fourth-order valence-electron chi connectivity index (χ4n) is 2.38. The number of rotatable bonds is 1. The summed E-state index contributed by atoms with van der Waals surface area (Å²) in [6, 6.07) is 7.31. The number of aromatic hydroxyl groups is 1. The van der Waals surface area contributed by atoms with Gasteiger partial charge in [-0.05, 0) is 37.6 Å². The molecule has 17 heavy (non-hydrogen) atoms. The predicted octanol–water partition coefficient (Wildman–Crippen LogP) is 1.53. The highest BCUT2D eigenvalue weighted by atomic mass is 16.3. The maximum atomic E-state index is 9.89. The zero-order valence-electron chi connectivity index (χ0n) is 9.77. The number of nitrogens with zero attached hydrogens (tertiary/aromatic N) is 2. The third-order valence-corrected chi connectivity index (χ3v) is 3.24. The number of fused-ring (bicyclic) bond motifs is 1. The minimum Gasteiger partial charge on any atom is -0.506 e. The van der Waals surface area contributed by atoms with Gasteiger partial charge in [0.1, 0.15) is 11.4 Å². The van der Waals surface area contributed by atoms with E-state index in [9.17, 15) is 5.11 Å². The molecule has 0 bridgehead atoms. The number of hydrogen-bond donors (Lipinski definition) is 2. The Hall–Kier alpha value is -1.81. The van der Waals surface area contributed by atoms with Gasteiger partial charge in [-0.15, -0.1) is 0 Å². The van der Waals surface area contributed by atoms with Crippen molar-refractivity contribution < 1.29 is 5.11 Å². The second-order valence-electron chi connectivity index (χ2n) is 4.34. The molecule has 0 saturated heterocycles. The first kappa shape index (κ1) is 10.4. The monoisotopic (exact) mass is 229 g/mol. The molecule has 0 radical (unpaired) electrons. The number of aromatic nitrogens is 2. The van der Waals surface area contributed by atoms with E-state index in [1.807, 2.05) is 29.8 Å². The maximum absolute atomic E-state index is 9.89. The number of hydrogen-bond acceptors (Lipinski definition) is 3. The molecule has 0 fully saturated rings. The third-order valence-electron chi connectivity index (χ3n) is 3.24. The van der Waals surface area contributed by atoms with Crippen molar-refractivity contribution in [3.63, 3.8) is 0 Å². The van der Waals surface area contributed by atoms with Crippen molar-refractivity contribution in [2.24, 2.45) is 0 Å². The Morgan fingerprint density at radius 2 is 2.18 bits per heavy atom. The summed E-state index contributed by atoms with van der Waals surface area (Å²) in [5.74, 6) is 0.267. The van der Waals surface area contributed by atoms with E-state index in [0.717, 1.165) is 36.6 Å². The van der Waals surface area contributed by atoms with Crippen molar-refractivity contribution in [2.45, 2.75) is 19.9 Å². The van der Waals surface area contributed by atoms with Crippen LogP contribution in [0.5, 0.6) is 5.75 Å². The highest BCUT2D eigenvalue weighted by Crippen LogP contribution is 2.26. The summed E-state index contributed by atoms with van der Waals surface area (Å²) in [5, 5.41) is 17.8. The first-order chi connectivity index (χ1) is 8.27. The van der Waals surface area contributed by atoms with Gasteiger partial charge in [-0.25, -0.2) is 4.68 Å². The van der Waals surface area contributed by atoms with Crippen molar-refractivity contribution >= 4 is 0 Å². The normalized spacial score (nSPS) is 14.6. The van der Waals surface area contributed by atoms with Gasteiger partial charge < -0.3 is 10.4 Å². The molecule has 2 aromatic rings. The number of phenols is 1. The Morgan fingerprint density at radius 3 is 3.00 bits per heavy atom. The second-order valence-corrected chi connectivity index (χ2v) is 4.34. The first-order valence-electron chi connectivity index (χ1n) is 5.84. The van der Waals surface area contributed by atoms with E-state index in [4.69, 9.17) is 0 Å². The summed E-state index contributed by atoms with van der Waals surface area (Å²) in [6.07, 6.45) is 1.01. The highest BCUT2D eigenvalue weighted by Gasteiger charge is 2.19. The minimum absolute atomic E-state index is 0.267. The number of para-hydroxylation sites is 2.